The van der Waals surface area contributed by atoms with Crippen molar-refractivity contribution in [2.24, 2.45) is 0 Å². The van der Waals surface area contributed by atoms with Crippen molar-refractivity contribution in [1.82, 2.24) is 15.0 Å². The summed E-state index contributed by atoms with van der Waals surface area (Å²) in [7, 11) is 4.52. The van der Waals surface area contributed by atoms with Gasteiger partial charge in [0.1, 0.15) is 10.7 Å². The van der Waals surface area contributed by atoms with Gasteiger partial charge in [-0.25, -0.2) is 0 Å². The fraction of sp³-hybridized carbons (Fsp3) is 0.130. The molecule has 0 saturated carbocycles. The molecule has 0 atom stereocenters. The molecule has 0 bridgehead atoms. The number of rotatable bonds is 5. The van der Waals surface area contributed by atoms with Crippen LogP contribution in [-0.2, 0) is 0 Å². The Hall–Kier alpha value is -4.20. The zero-order valence-electron chi connectivity index (χ0n) is 17.2. The van der Waals surface area contributed by atoms with Crippen molar-refractivity contribution in [3.8, 4) is 17.2 Å². The highest BCUT2D eigenvalue weighted by molar-refractivity contribution is 5.88. The standard InChI is InChI=1S/C23H21N3O5/c1-29-19-9-13(10-20(30-2)21(19)31-3)8-17-22(27)26-18(23(28)25-17)11-14-12-24-16-7-5-4-6-15(14)16/h4-12,24H,1-3H3,(H,25,28)(H,26,27)/b17-8-,18-11-. The molecule has 4 rings (SSSR count). The van der Waals surface area contributed by atoms with E-state index < -0.39 is 11.1 Å². The van der Waals surface area contributed by atoms with Gasteiger partial charge in [0, 0.05) is 22.7 Å². The lowest BCUT2D eigenvalue weighted by Crippen LogP contribution is -2.46. The maximum Gasteiger partial charge on any atom is 0.272 e. The number of methoxy groups -OCH3 is 3. The number of benzene rings is 2. The Morgan fingerprint density at radius 3 is 2.03 bits per heavy atom. The molecule has 2 heterocycles. The van der Waals surface area contributed by atoms with E-state index in [-0.39, 0.29) is 10.7 Å². The number of para-hydroxylation sites is 1. The molecule has 0 aliphatic carbocycles. The number of fused-ring (bicyclic) bond motifs is 1. The molecule has 8 nitrogen and oxygen atoms in total. The van der Waals surface area contributed by atoms with Crippen LogP contribution in [0, 0.1) is 0 Å². The van der Waals surface area contributed by atoms with E-state index in [1.165, 1.54) is 21.3 Å². The zero-order valence-corrected chi connectivity index (χ0v) is 17.2. The van der Waals surface area contributed by atoms with E-state index in [4.69, 9.17) is 14.2 Å². The molecule has 0 aliphatic rings. The van der Waals surface area contributed by atoms with Gasteiger partial charge >= 0.3 is 0 Å². The molecule has 2 aromatic heterocycles. The quantitative estimate of drug-likeness (QED) is 0.451. The first-order chi connectivity index (χ1) is 15.0. The van der Waals surface area contributed by atoms with Crippen LogP contribution in [0.4, 0.5) is 0 Å². The van der Waals surface area contributed by atoms with Gasteiger partial charge < -0.3 is 29.2 Å². The number of aromatic nitrogens is 3. The SMILES string of the molecule is COc1cc(/C=c2\[nH]c(=O)/c(=C/c3c[nH]c4ccccc34)[nH]c2=O)cc(OC)c1OC. The molecule has 0 spiro atoms. The summed E-state index contributed by atoms with van der Waals surface area (Å²) < 4.78 is 16.0. The molecular formula is C23H21N3O5. The fourth-order valence-electron chi connectivity index (χ4n) is 3.42. The molecule has 0 saturated heterocycles. The summed E-state index contributed by atoms with van der Waals surface area (Å²) in [5.74, 6) is 1.32. The zero-order chi connectivity index (χ0) is 22.0. The van der Waals surface area contributed by atoms with Crippen molar-refractivity contribution >= 4 is 23.1 Å². The van der Waals surface area contributed by atoms with E-state index in [1.807, 2.05) is 24.3 Å². The lowest BCUT2D eigenvalue weighted by Gasteiger charge is -2.12. The third kappa shape index (κ3) is 3.83. The highest BCUT2D eigenvalue weighted by Crippen LogP contribution is 2.38. The Morgan fingerprint density at radius 1 is 0.806 bits per heavy atom. The molecule has 0 amide bonds. The number of hydrogen-bond donors (Lipinski definition) is 3. The lowest BCUT2D eigenvalue weighted by molar-refractivity contribution is 0.324. The van der Waals surface area contributed by atoms with E-state index in [0.29, 0.717) is 22.8 Å². The maximum absolute atomic E-state index is 12.6. The number of aromatic amines is 3. The van der Waals surface area contributed by atoms with Gasteiger partial charge in [-0.3, -0.25) is 9.59 Å². The molecule has 158 valence electrons. The molecule has 0 radical (unpaired) electrons. The minimum Gasteiger partial charge on any atom is -0.493 e. The molecule has 4 aromatic rings. The second kappa shape index (κ2) is 8.27. The summed E-state index contributed by atoms with van der Waals surface area (Å²) in [6, 6.07) is 11.1. The first-order valence-corrected chi connectivity index (χ1v) is 9.46. The van der Waals surface area contributed by atoms with Crippen LogP contribution in [0.1, 0.15) is 11.1 Å². The van der Waals surface area contributed by atoms with Crippen LogP contribution >= 0.6 is 0 Å². The van der Waals surface area contributed by atoms with Crippen LogP contribution in [0.2, 0.25) is 0 Å². The third-order valence-corrected chi connectivity index (χ3v) is 4.90. The van der Waals surface area contributed by atoms with Crippen LogP contribution in [0.25, 0.3) is 23.1 Å². The summed E-state index contributed by atoms with van der Waals surface area (Å²) in [6.07, 6.45) is 4.97. The Kier molecular flexibility index (Phi) is 5.36. The Bertz CT molecular complexity index is 1470. The van der Waals surface area contributed by atoms with E-state index in [9.17, 15) is 9.59 Å². The number of ether oxygens (including phenoxy) is 3. The van der Waals surface area contributed by atoms with E-state index in [0.717, 1.165) is 16.5 Å². The van der Waals surface area contributed by atoms with Gasteiger partial charge in [-0.05, 0) is 35.9 Å². The van der Waals surface area contributed by atoms with Gasteiger partial charge in [-0.15, -0.1) is 0 Å². The summed E-state index contributed by atoms with van der Waals surface area (Å²) in [4.78, 5) is 33.7. The molecule has 3 N–H and O–H groups in total. The largest absolute Gasteiger partial charge is 0.493 e. The average Bonchev–Trinajstić information content (AvgIpc) is 3.19. The minimum atomic E-state index is -0.431. The predicted octanol–water partition coefficient (Wildman–Crippen LogP) is 1.23. The monoisotopic (exact) mass is 419 g/mol. The summed E-state index contributed by atoms with van der Waals surface area (Å²) in [5, 5.41) is 1.22. The summed E-state index contributed by atoms with van der Waals surface area (Å²) >= 11 is 0. The first-order valence-electron chi connectivity index (χ1n) is 9.46. The molecule has 0 unspecified atom stereocenters. The van der Waals surface area contributed by atoms with Gasteiger partial charge in [0.15, 0.2) is 11.5 Å². The van der Waals surface area contributed by atoms with Gasteiger partial charge in [0.25, 0.3) is 11.1 Å². The topological polar surface area (TPSA) is 109 Å². The van der Waals surface area contributed by atoms with Gasteiger partial charge in [0.05, 0.1) is 21.3 Å². The number of H-pyrrole nitrogens is 3. The Labute approximate surface area is 176 Å². The van der Waals surface area contributed by atoms with Gasteiger partial charge in [-0.2, -0.15) is 0 Å². The van der Waals surface area contributed by atoms with Gasteiger partial charge in [0.2, 0.25) is 5.75 Å². The van der Waals surface area contributed by atoms with Crippen molar-refractivity contribution in [2.75, 3.05) is 21.3 Å². The van der Waals surface area contributed by atoms with Crippen LogP contribution in [0.15, 0.2) is 52.2 Å². The molecule has 0 aliphatic heterocycles. The fourth-order valence-corrected chi connectivity index (χ4v) is 3.42. The first kappa shape index (κ1) is 20.1. The second-order valence-corrected chi connectivity index (χ2v) is 6.77. The van der Waals surface area contributed by atoms with Crippen molar-refractivity contribution in [2.45, 2.75) is 0 Å². The summed E-state index contributed by atoms with van der Waals surface area (Å²) in [5.41, 5.74) is 1.50. The van der Waals surface area contributed by atoms with Crippen molar-refractivity contribution in [1.29, 1.82) is 0 Å². The molecule has 8 heteroatoms. The van der Waals surface area contributed by atoms with Crippen LogP contribution in [0.3, 0.4) is 0 Å². The number of nitrogens with one attached hydrogen (secondary N) is 3. The van der Waals surface area contributed by atoms with Crippen molar-refractivity contribution < 1.29 is 14.2 Å². The van der Waals surface area contributed by atoms with Gasteiger partial charge in [-0.1, -0.05) is 18.2 Å². The lowest BCUT2D eigenvalue weighted by atomic mass is 10.1. The van der Waals surface area contributed by atoms with Crippen molar-refractivity contribution in [3.05, 3.63) is 85.1 Å². The van der Waals surface area contributed by atoms with Crippen molar-refractivity contribution in [3.63, 3.8) is 0 Å². The van der Waals surface area contributed by atoms with E-state index in [2.05, 4.69) is 15.0 Å². The highest BCUT2D eigenvalue weighted by Gasteiger charge is 2.12. The minimum absolute atomic E-state index is 0.107. The van der Waals surface area contributed by atoms with E-state index >= 15 is 0 Å². The highest BCUT2D eigenvalue weighted by atomic mass is 16.5. The molecule has 31 heavy (non-hydrogen) atoms. The van der Waals surface area contributed by atoms with E-state index in [1.54, 1.807) is 30.5 Å². The second-order valence-electron chi connectivity index (χ2n) is 6.77. The summed E-state index contributed by atoms with van der Waals surface area (Å²) in [6.45, 7) is 0. The normalized spacial score (nSPS) is 12.4. The number of hydrogen-bond acceptors (Lipinski definition) is 5. The third-order valence-electron chi connectivity index (χ3n) is 4.90. The van der Waals surface area contributed by atoms with Crippen LogP contribution < -0.4 is 36.0 Å². The maximum atomic E-state index is 12.6. The Morgan fingerprint density at radius 2 is 1.42 bits per heavy atom. The average molecular weight is 419 g/mol. The Balaban J connectivity index is 1.84. The van der Waals surface area contributed by atoms with Crippen LogP contribution in [0.5, 0.6) is 17.2 Å². The van der Waals surface area contributed by atoms with Crippen LogP contribution in [-0.4, -0.2) is 36.3 Å². The smallest absolute Gasteiger partial charge is 0.272 e. The molecule has 2 aromatic carbocycles. The molecular weight excluding hydrogens is 398 g/mol. The molecule has 0 fully saturated rings. The predicted molar refractivity (Wildman–Crippen MR) is 118 cm³/mol.